The van der Waals surface area contributed by atoms with Crippen LogP contribution in [0.25, 0.3) is 0 Å². The molecule has 0 unspecified atom stereocenters. The number of benzene rings is 1. The fourth-order valence-corrected chi connectivity index (χ4v) is 1.29. The second kappa shape index (κ2) is 6.12. The van der Waals surface area contributed by atoms with E-state index in [9.17, 15) is 18.0 Å². The first-order valence-electron chi connectivity index (χ1n) is 4.83. The molecular formula is C11H11F3O3. The van der Waals surface area contributed by atoms with Crippen LogP contribution in [-0.4, -0.2) is 19.7 Å². The summed E-state index contributed by atoms with van der Waals surface area (Å²) in [7, 11) is 1.21. The zero-order valence-electron chi connectivity index (χ0n) is 9.08. The average Bonchev–Trinajstić information content (AvgIpc) is 2.28. The van der Waals surface area contributed by atoms with Gasteiger partial charge in [-0.15, -0.1) is 0 Å². The number of hydrogen-bond acceptors (Lipinski definition) is 3. The Morgan fingerprint density at radius 2 is 2.12 bits per heavy atom. The van der Waals surface area contributed by atoms with Gasteiger partial charge in [-0.25, -0.2) is 4.39 Å². The Balaban J connectivity index is 2.79. The third-order valence-electron chi connectivity index (χ3n) is 2.06. The van der Waals surface area contributed by atoms with E-state index in [1.54, 1.807) is 0 Å². The van der Waals surface area contributed by atoms with Gasteiger partial charge in [-0.1, -0.05) is 0 Å². The van der Waals surface area contributed by atoms with E-state index in [-0.39, 0.29) is 24.2 Å². The highest BCUT2D eigenvalue weighted by atomic mass is 19.3. The molecule has 94 valence electrons. The van der Waals surface area contributed by atoms with Crippen LogP contribution in [0.3, 0.4) is 0 Å². The molecule has 0 saturated heterocycles. The summed E-state index contributed by atoms with van der Waals surface area (Å²) in [5.74, 6) is -1.21. The molecule has 0 aliphatic heterocycles. The standard InChI is InChI=1S/C11H11F3O3/c1-16-10(15)5-2-7-6-8(12)3-4-9(7)17-11(13)14/h3-4,6,11H,2,5H2,1H3. The topological polar surface area (TPSA) is 35.5 Å². The molecule has 0 spiro atoms. The monoisotopic (exact) mass is 248 g/mol. The summed E-state index contributed by atoms with van der Waals surface area (Å²) in [6.45, 7) is -2.99. The first-order valence-corrected chi connectivity index (χ1v) is 4.83. The van der Waals surface area contributed by atoms with Gasteiger partial charge in [0.2, 0.25) is 0 Å². The van der Waals surface area contributed by atoms with Gasteiger partial charge in [0.05, 0.1) is 7.11 Å². The van der Waals surface area contributed by atoms with E-state index < -0.39 is 18.4 Å². The molecule has 1 aromatic carbocycles. The van der Waals surface area contributed by atoms with Gasteiger partial charge in [0.1, 0.15) is 11.6 Å². The summed E-state index contributed by atoms with van der Waals surface area (Å²) >= 11 is 0. The maximum Gasteiger partial charge on any atom is 0.387 e. The number of alkyl halides is 2. The summed E-state index contributed by atoms with van der Waals surface area (Å²) in [5, 5.41) is 0. The number of aryl methyl sites for hydroxylation is 1. The Labute approximate surface area is 96.1 Å². The summed E-state index contributed by atoms with van der Waals surface area (Å²) in [6, 6.07) is 3.17. The minimum absolute atomic E-state index is 0.0282. The van der Waals surface area contributed by atoms with Crippen molar-refractivity contribution in [1.82, 2.24) is 0 Å². The zero-order valence-corrected chi connectivity index (χ0v) is 9.08. The van der Waals surface area contributed by atoms with Crippen molar-refractivity contribution in [2.75, 3.05) is 7.11 Å². The molecule has 6 heteroatoms. The highest BCUT2D eigenvalue weighted by Crippen LogP contribution is 2.23. The molecule has 0 aliphatic rings. The number of ether oxygens (including phenoxy) is 2. The van der Waals surface area contributed by atoms with Gasteiger partial charge in [-0.2, -0.15) is 8.78 Å². The van der Waals surface area contributed by atoms with Crippen LogP contribution >= 0.6 is 0 Å². The molecule has 17 heavy (non-hydrogen) atoms. The van der Waals surface area contributed by atoms with Gasteiger partial charge in [0.15, 0.2) is 0 Å². The Morgan fingerprint density at radius 1 is 1.41 bits per heavy atom. The molecule has 0 atom stereocenters. The Hall–Kier alpha value is -1.72. The summed E-state index contributed by atoms with van der Waals surface area (Å²) in [6.07, 6.45) is 0.0477. The smallest absolute Gasteiger partial charge is 0.387 e. The lowest BCUT2D eigenvalue weighted by molar-refractivity contribution is -0.140. The molecule has 0 heterocycles. The van der Waals surface area contributed by atoms with Crippen molar-refractivity contribution < 1.29 is 27.4 Å². The predicted molar refractivity (Wildman–Crippen MR) is 53.4 cm³/mol. The average molecular weight is 248 g/mol. The predicted octanol–water partition coefficient (Wildman–Crippen LogP) is 2.53. The molecule has 3 nitrogen and oxygen atoms in total. The van der Waals surface area contributed by atoms with Crippen molar-refractivity contribution in [2.45, 2.75) is 19.5 Å². The summed E-state index contributed by atoms with van der Waals surface area (Å²) in [5.41, 5.74) is 0.204. The molecule has 0 amide bonds. The van der Waals surface area contributed by atoms with Gasteiger partial charge in [-0.05, 0) is 30.2 Å². The molecule has 0 fully saturated rings. The lowest BCUT2D eigenvalue weighted by Crippen LogP contribution is -2.07. The third-order valence-corrected chi connectivity index (χ3v) is 2.06. The van der Waals surface area contributed by atoms with E-state index in [0.717, 1.165) is 18.2 Å². The number of carbonyl (C=O) groups is 1. The van der Waals surface area contributed by atoms with Crippen LogP contribution in [0.4, 0.5) is 13.2 Å². The maximum atomic E-state index is 12.9. The molecule has 0 N–H and O–H groups in total. The summed E-state index contributed by atoms with van der Waals surface area (Å²) in [4.78, 5) is 10.9. The molecule has 0 bridgehead atoms. The molecule has 1 aromatic rings. The van der Waals surface area contributed by atoms with Gasteiger partial charge in [-0.3, -0.25) is 4.79 Å². The van der Waals surface area contributed by atoms with Crippen molar-refractivity contribution in [1.29, 1.82) is 0 Å². The number of halogens is 3. The first kappa shape index (κ1) is 13.3. The SMILES string of the molecule is COC(=O)CCc1cc(F)ccc1OC(F)F. The van der Waals surface area contributed by atoms with E-state index in [0.29, 0.717) is 0 Å². The number of hydrogen-bond donors (Lipinski definition) is 0. The highest BCUT2D eigenvalue weighted by Gasteiger charge is 2.12. The van der Waals surface area contributed by atoms with Crippen molar-refractivity contribution in [3.63, 3.8) is 0 Å². The number of carbonyl (C=O) groups excluding carboxylic acids is 1. The third kappa shape index (κ3) is 4.34. The van der Waals surface area contributed by atoms with E-state index in [2.05, 4.69) is 9.47 Å². The van der Waals surface area contributed by atoms with E-state index in [1.807, 2.05) is 0 Å². The molecule has 0 radical (unpaired) electrons. The fourth-order valence-electron chi connectivity index (χ4n) is 1.29. The number of esters is 1. The highest BCUT2D eigenvalue weighted by molar-refractivity contribution is 5.69. The minimum atomic E-state index is -2.99. The van der Waals surface area contributed by atoms with Gasteiger partial charge >= 0.3 is 12.6 Å². The van der Waals surface area contributed by atoms with Gasteiger partial charge in [0.25, 0.3) is 0 Å². The van der Waals surface area contributed by atoms with E-state index in [4.69, 9.17) is 0 Å². The fraction of sp³-hybridized carbons (Fsp3) is 0.364. The second-order valence-electron chi connectivity index (χ2n) is 3.21. The Morgan fingerprint density at radius 3 is 2.71 bits per heavy atom. The largest absolute Gasteiger partial charge is 0.469 e. The molecule has 0 aromatic heterocycles. The van der Waals surface area contributed by atoms with Gasteiger partial charge < -0.3 is 9.47 Å². The summed E-state index contributed by atoms with van der Waals surface area (Å²) < 4.78 is 45.7. The first-order chi connectivity index (χ1) is 8.02. The quantitative estimate of drug-likeness (QED) is 0.751. The van der Waals surface area contributed by atoms with E-state index >= 15 is 0 Å². The van der Waals surface area contributed by atoms with Crippen molar-refractivity contribution in [3.8, 4) is 5.75 Å². The molecule has 1 rings (SSSR count). The van der Waals surface area contributed by atoms with Crippen molar-refractivity contribution in [2.24, 2.45) is 0 Å². The van der Waals surface area contributed by atoms with Crippen LogP contribution in [0.15, 0.2) is 18.2 Å². The maximum absolute atomic E-state index is 12.9. The lowest BCUT2D eigenvalue weighted by atomic mass is 10.1. The normalized spacial score (nSPS) is 10.4. The second-order valence-corrected chi connectivity index (χ2v) is 3.21. The van der Waals surface area contributed by atoms with Crippen LogP contribution in [0.1, 0.15) is 12.0 Å². The molecular weight excluding hydrogens is 237 g/mol. The lowest BCUT2D eigenvalue weighted by Gasteiger charge is -2.10. The van der Waals surface area contributed by atoms with Gasteiger partial charge in [0, 0.05) is 6.42 Å². The van der Waals surface area contributed by atoms with Crippen LogP contribution in [-0.2, 0) is 16.0 Å². The Bertz CT molecular complexity index is 394. The molecule has 0 saturated carbocycles. The van der Waals surface area contributed by atoms with Crippen molar-refractivity contribution in [3.05, 3.63) is 29.6 Å². The van der Waals surface area contributed by atoms with Crippen LogP contribution in [0.5, 0.6) is 5.75 Å². The van der Waals surface area contributed by atoms with Crippen LogP contribution in [0, 0.1) is 5.82 Å². The van der Waals surface area contributed by atoms with Crippen LogP contribution in [0.2, 0.25) is 0 Å². The van der Waals surface area contributed by atoms with E-state index in [1.165, 1.54) is 7.11 Å². The zero-order chi connectivity index (χ0) is 12.8. The Kier molecular flexibility index (Phi) is 4.81. The van der Waals surface area contributed by atoms with Crippen LogP contribution < -0.4 is 4.74 Å². The minimum Gasteiger partial charge on any atom is -0.469 e. The molecule has 0 aliphatic carbocycles. The number of methoxy groups -OCH3 is 1. The van der Waals surface area contributed by atoms with Crippen molar-refractivity contribution >= 4 is 5.97 Å². The number of rotatable bonds is 5.